The number of methoxy groups -OCH3 is 1. The number of fused-ring (bicyclic) bond motifs is 2. The predicted molar refractivity (Wildman–Crippen MR) is 113 cm³/mol. The second kappa shape index (κ2) is 8.36. The standard InChI is InChI=1S/C24H30N2O2/c1-26(14-13-17-9-11-22-18(15-17)10-12-24(27)25-22)16-19-5-3-7-21-20(19)6-4-8-23(21)28-2/h4,6,8-9,11,15,19H,3,5,7,10,12-14,16H2,1-2H3,(H,25,27). The summed E-state index contributed by atoms with van der Waals surface area (Å²) in [6, 6.07) is 13.0. The molecule has 1 aliphatic carbocycles. The Hall–Kier alpha value is -2.33. The highest BCUT2D eigenvalue weighted by Crippen LogP contribution is 2.37. The molecule has 1 atom stereocenters. The van der Waals surface area contributed by atoms with Crippen molar-refractivity contribution in [2.24, 2.45) is 0 Å². The van der Waals surface area contributed by atoms with Gasteiger partial charge in [0.25, 0.3) is 0 Å². The van der Waals surface area contributed by atoms with Crippen molar-refractivity contribution in [1.82, 2.24) is 4.90 Å². The summed E-state index contributed by atoms with van der Waals surface area (Å²) in [6.45, 7) is 2.13. The van der Waals surface area contributed by atoms with Crippen LogP contribution in [-0.4, -0.2) is 38.1 Å². The Morgan fingerprint density at radius 3 is 2.93 bits per heavy atom. The minimum Gasteiger partial charge on any atom is -0.496 e. The van der Waals surface area contributed by atoms with Crippen LogP contribution in [0.2, 0.25) is 0 Å². The van der Waals surface area contributed by atoms with Crippen LogP contribution in [0.5, 0.6) is 5.75 Å². The van der Waals surface area contributed by atoms with Gasteiger partial charge in [0, 0.05) is 25.2 Å². The molecule has 148 valence electrons. The van der Waals surface area contributed by atoms with E-state index < -0.39 is 0 Å². The molecule has 1 aliphatic heterocycles. The first-order valence-corrected chi connectivity index (χ1v) is 10.4. The van der Waals surface area contributed by atoms with E-state index in [2.05, 4.69) is 53.7 Å². The lowest BCUT2D eigenvalue weighted by atomic mass is 9.82. The smallest absolute Gasteiger partial charge is 0.224 e. The lowest BCUT2D eigenvalue weighted by Gasteiger charge is -2.30. The van der Waals surface area contributed by atoms with Gasteiger partial charge < -0.3 is 15.0 Å². The maximum absolute atomic E-state index is 11.5. The zero-order chi connectivity index (χ0) is 19.5. The van der Waals surface area contributed by atoms with Gasteiger partial charge in [0.15, 0.2) is 0 Å². The fourth-order valence-corrected chi connectivity index (χ4v) is 4.67. The summed E-state index contributed by atoms with van der Waals surface area (Å²) in [5, 5.41) is 2.97. The molecular formula is C24H30N2O2. The van der Waals surface area contributed by atoms with Crippen molar-refractivity contribution in [2.75, 3.05) is 32.6 Å². The first kappa shape index (κ1) is 19.0. The number of hydrogen-bond acceptors (Lipinski definition) is 3. The van der Waals surface area contributed by atoms with Crippen LogP contribution in [0, 0.1) is 0 Å². The highest BCUT2D eigenvalue weighted by atomic mass is 16.5. The molecular weight excluding hydrogens is 348 g/mol. The van der Waals surface area contributed by atoms with Crippen LogP contribution < -0.4 is 10.1 Å². The Kier molecular flexibility index (Phi) is 5.67. The third kappa shape index (κ3) is 4.07. The lowest BCUT2D eigenvalue weighted by Crippen LogP contribution is -2.28. The molecule has 4 heteroatoms. The predicted octanol–water partition coefficient (Wildman–Crippen LogP) is 4.17. The van der Waals surface area contributed by atoms with E-state index in [1.165, 1.54) is 35.1 Å². The Labute approximate surface area is 167 Å². The molecule has 1 unspecified atom stereocenters. The first-order valence-electron chi connectivity index (χ1n) is 10.4. The van der Waals surface area contributed by atoms with Crippen LogP contribution in [0.15, 0.2) is 36.4 Å². The summed E-state index contributed by atoms with van der Waals surface area (Å²) >= 11 is 0. The minimum absolute atomic E-state index is 0.129. The number of nitrogens with one attached hydrogen (secondary N) is 1. The number of nitrogens with zero attached hydrogens (tertiary/aromatic N) is 1. The maximum atomic E-state index is 11.5. The maximum Gasteiger partial charge on any atom is 0.224 e. The third-order valence-electron chi connectivity index (χ3n) is 6.19. The number of ether oxygens (including phenoxy) is 1. The number of anilines is 1. The van der Waals surface area contributed by atoms with E-state index in [1.54, 1.807) is 7.11 Å². The van der Waals surface area contributed by atoms with Crippen LogP contribution in [0.3, 0.4) is 0 Å². The topological polar surface area (TPSA) is 41.6 Å². The molecule has 0 bridgehead atoms. The molecule has 28 heavy (non-hydrogen) atoms. The van der Waals surface area contributed by atoms with Gasteiger partial charge in [-0.15, -0.1) is 0 Å². The van der Waals surface area contributed by atoms with E-state index in [0.717, 1.165) is 43.8 Å². The Balaban J connectivity index is 1.37. The van der Waals surface area contributed by atoms with E-state index in [4.69, 9.17) is 4.74 Å². The quantitative estimate of drug-likeness (QED) is 0.820. The largest absolute Gasteiger partial charge is 0.496 e. The van der Waals surface area contributed by atoms with Crippen molar-refractivity contribution in [3.8, 4) is 5.75 Å². The van der Waals surface area contributed by atoms with E-state index in [0.29, 0.717) is 12.3 Å². The lowest BCUT2D eigenvalue weighted by molar-refractivity contribution is -0.116. The average Bonchev–Trinajstić information content (AvgIpc) is 2.72. The zero-order valence-corrected chi connectivity index (χ0v) is 17.0. The fourth-order valence-electron chi connectivity index (χ4n) is 4.67. The average molecular weight is 379 g/mol. The zero-order valence-electron chi connectivity index (χ0n) is 17.0. The number of hydrogen-bond donors (Lipinski definition) is 1. The van der Waals surface area contributed by atoms with Crippen LogP contribution in [0.1, 0.15) is 47.4 Å². The minimum atomic E-state index is 0.129. The van der Waals surface area contributed by atoms with Gasteiger partial charge in [-0.05, 0) is 79.5 Å². The summed E-state index contributed by atoms with van der Waals surface area (Å²) in [4.78, 5) is 14.0. The Bertz CT molecular complexity index is 862. The summed E-state index contributed by atoms with van der Waals surface area (Å²) < 4.78 is 5.58. The molecule has 0 spiro atoms. The van der Waals surface area contributed by atoms with Crippen molar-refractivity contribution in [3.05, 3.63) is 58.7 Å². The number of benzene rings is 2. The van der Waals surface area contributed by atoms with E-state index >= 15 is 0 Å². The molecule has 0 fully saturated rings. The number of rotatable bonds is 6. The molecule has 0 saturated carbocycles. The van der Waals surface area contributed by atoms with Gasteiger partial charge in [-0.1, -0.05) is 24.3 Å². The van der Waals surface area contributed by atoms with Crippen molar-refractivity contribution in [1.29, 1.82) is 0 Å². The normalized spacial score (nSPS) is 18.4. The molecule has 0 aromatic heterocycles. The molecule has 4 nitrogen and oxygen atoms in total. The highest BCUT2D eigenvalue weighted by Gasteiger charge is 2.23. The van der Waals surface area contributed by atoms with Crippen molar-refractivity contribution < 1.29 is 9.53 Å². The summed E-state index contributed by atoms with van der Waals surface area (Å²) in [6.07, 6.45) is 6.11. The van der Waals surface area contributed by atoms with Crippen LogP contribution >= 0.6 is 0 Å². The van der Waals surface area contributed by atoms with Gasteiger partial charge in [0.1, 0.15) is 5.75 Å². The second-order valence-corrected chi connectivity index (χ2v) is 8.17. The molecule has 1 amide bonds. The highest BCUT2D eigenvalue weighted by molar-refractivity contribution is 5.93. The molecule has 0 saturated heterocycles. The van der Waals surface area contributed by atoms with Gasteiger partial charge in [0.2, 0.25) is 5.91 Å². The number of likely N-dealkylation sites (N-methyl/N-ethyl adjacent to an activating group) is 1. The fraction of sp³-hybridized carbons (Fsp3) is 0.458. The van der Waals surface area contributed by atoms with Gasteiger partial charge in [-0.3, -0.25) is 4.79 Å². The van der Waals surface area contributed by atoms with Crippen LogP contribution in [-0.2, 0) is 24.1 Å². The molecule has 2 aliphatic rings. The Morgan fingerprint density at radius 1 is 1.18 bits per heavy atom. The van der Waals surface area contributed by atoms with E-state index in [9.17, 15) is 4.79 Å². The molecule has 4 rings (SSSR count). The van der Waals surface area contributed by atoms with E-state index in [1.807, 2.05) is 0 Å². The van der Waals surface area contributed by atoms with Crippen LogP contribution in [0.4, 0.5) is 5.69 Å². The van der Waals surface area contributed by atoms with Crippen molar-refractivity contribution in [2.45, 2.75) is 44.4 Å². The number of carbonyl (C=O) groups is 1. The van der Waals surface area contributed by atoms with Gasteiger partial charge >= 0.3 is 0 Å². The van der Waals surface area contributed by atoms with Gasteiger partial charge in [0.05, 0.1) is 7.11 Å². The molecule has 2 aromatic carbocycles. The SMILES string of the molecule is COc1cccc2c1CCCC2CN(C)CCc1ccc2c(c1)CCC(=O)N2. The van der Waals surface area contributed by atoms with Crippen LogP contribution in [0.25, 0.3) is 0 Å². The number of amides is 1. The van der Waals surface area contributed by atoms with Crippen molar-refractivity contribution in [3.63, 3.8) is 0 Å². The Morgan fingerprint density at radius 2 is 2.07 bits per heavy atom. The number of carbonyl (C=O) groups excluding carboxylic acids is 1. The molecule has 1 N–H and O–H groups in total. The number of aryl methyl sites for hydroxylation is 1. The van der Waals surface area contributed by atoms with Crippen molar-refractivity contribution >= 4 is 11.6 Å². The van der Waals surface area contributed by atoms with E-state index in [-0.39, 0.29) is 5.91 Å². The summed E-state index contributed by atoms with van der Waals surface area (Å²) in [7, 11) is 4.00. The summed E-state index contributed by atoms with van der Waals surface area (Å²) in [5.74, 6) is 1.76. The molecule has 2 aromatic rings. The van der Waals surface area contributed by atoms with Gasteiger partial charge in [-0.2, -0.15) is 0 Å². The molecule has 1 heterocycles. The first-order chi connectivity index (χ1) is 13.6. The summed E-state index contributed by atoms with van der Waals surface area (Å²) in [5.41, 5.74) is 6.50. The second-order valence-electron chi connectivity index (χ2n) is 8.17. The molecule has 0 radical (unpaired) electrons. The third-order valence-corrected chi connectivity index (χ3v) is 6.19. The monoisotopic (exact) mass is 378 g/mol. The van der Waals surface area contributed by atoms with Gasteiger partial charge in [-0.25, -0.2) is 0 Å².